The monoisotopic (exact) mass is 486 g/mol. The Morgan fingerprint density at radius 2 is 1.66 bits per heavy atom. The van der Waals surface area contributed by atoms with E-state index in [2.05, 4.69) is 5.32 Å². The minimum Gasteiger partial charge on any atom is -0.325 e. The Labute approximate surface area is 197 Å². The van der Waals surface area contributed by atoms with Crippen molar-refractivity contribution in [3.63, 3.8) is 0 Å². The molecule has 0 unspecified atom stereocenters. The van der Waals surface area contributed by atoms with Crippen LogP contribution in [0.4, 0.5) is 5.69 Å². The molecular weight excluding hydrogens is 464 g/mol. The summed E-state index contributed by atoms with van der Waals surface area (Å²) in [5.74, 6) is -0.581. The lowest BCUT2D eigenvalue weighted by Gasteiger charge is -2.31. The zero-order valence-corrected chi connectivity index (χ0v) is 19.7. The van der Waals surface area contributed by atoms with E-state index in [1.165, 1.54) is 16.4 Å². The number of hydrogen-bond acceptors (Lipinski definition) is 4. The quantitative estimate of drug-likeness (QED) is 0.497. The van der Waals surface area contributed by atoms with Crippen LogP contribution in [0.25, 0.3) is 0 Å². The number of carbonyl (C=O) groups excluding carboxylic acids is 1. The zero-order chi connectivity index (χ0) is 22.6. The number of carbonyl (C=O) groups is 1. The summed E-state index contributed by atoms with van der Waals surface area (Å²) < 4.78 is 27.5. The zero-order valence-electron chi connectivity index (χ0n) is 17.3. The van der Waals surface area contributed by atoms with E-state index in [1.807, 2.05) is 54.6 Å². The van der Waals surface area contributed by atoms with Gasteiger partial charge < -0.3 is 5.32 Å². The molecule has 0 aromatic heterocycles. The number of amides is 1. The molecule has 3 aromatic rings. The molecule has 0 bridgehead atoms. The molecule has 0 spiro atoms. The summed E-state index contributed by atoms with van der Waals surface area (Å²) >= 11 is 7.46. The molecule has 1 atom stereocenters. The lowest BCUT2D eigenvalue weighted by atomic mass is 9.99. The van der Waals surface area contributed by atoms with Crippen LogP contribution in [0.1, 0.15) is 12.8 Å². The van der Waals surface area contributed by atoms with E-state index in [0.29, 0.717) is 24.4 Å². The summed E-state index contributed by atoms with van der Waals surface area (Å²) in [7, 11) is -3.68. The first-order valence-electron chi connectivity index (χ1n) is 10.3. The van der Waals surface area contributed by atoms with Crippen molar-refractivity contribution in [3.05, 3.63) is 83.9 Å². The van der Waals surface area contributed by atoms with Crippen molar-refractivity contribution in [2.45, 2.75) is 27.5 Å². The van der Waals surface area contributed by atoms with Gasteiger partial charge in [0, 0.05) is 27.9 Å². The SMILES string of the molecule is O=C(Nc1ccccc1Sc1ccccc1)[C@H]1CCCN(S(=O)(=O)c2ccc(Cl)cc2)C1. The predicted octanol–water partition coefficient (Wildman–Crippen LogP) is 5.53. The Morgan fingerprint density at radius 3 is 2.41 bits per heavy atom. The van der Waals surface area contributed by atoms with Crippen LogP contribution < -0.4 is 5.32 Å². The summed E-state index contributed by atoms with van der Waals surface area (Å²) in [6.07, 6.45) is 1.28. The molecule has 4 rings (SSSR count). The standard InChI is InChI=1S/C24H23ClN2O3S2/c25-19-12-14-21(15-13-19)32(29,30)27-16-6-7-18(17-27)24(28)26-22-10-4-5-11-23(22)31-20-8-2-1-3-9-20/h1-5,8-15,18H,6-7,16-17H2,(H,26,28)/t18-/m0/s1. The second kappa shape index (κ2) is 10.1. The minimum atomic E-state index is -3.68. The highest BCUT2D eigenvalue weighted by atomic mass is 35.5. The molecule has 1 fully saturated rings. The van der Waals surface area contributed by atoms with Crippen LogP contribution in [0.3, 0.4) is 0 Å². The summed E-state index contributed by atoms with van der Waals surface area (Å²) in [4.78, 5) is 15.3. The van der Waals surface area contributed by atoms with Crippen molar-refractivity contribution >= 4 is 45.0 Å². The molecule has 1 amide bonds. The lowest BCUT2D eigenvalue weighted by Crippen LogP contribution is -2.43. The lowest BCUT2D eigenvalue weighted by molar-refractivity contribution is -0.120. The molecule has 166 valence electrons. The minimum absolute atomic E-state index is 0.158. The number of halogens is 1. The fraction of sp³-hybridized carbons (Fsp3) is 0.208. The van der Waals surface area contributed by atoms with Gasteiger partial charge in [-0.05, 0) is 61.4 Å². The fourth-order valence-electron chi connectivity index (χ4n) is 3.64. The molecule has 0 saturated carbocycles. The maximum absolute atomic E-state index is 13.1. The van der Waals surface area contributed by atoms with Crippen LogP contribution >= 0.6 is 23.4 Å². The number of nitrogens with zero attached hydrogens (tertiary/aromatic N) is 1. The molecule has 1 aliphatic heterocycles. The van der Waals surface area contributed by atoms with Gasteiger partial charge in [0.1, 0.15) is 0 Å². The van der Waals surface area contributed by atoms with Crippen molar-refractivity contribution in [3.8, 4) is 0 Å². The maximum Gasteiger partial charge on any atom is 0.243 e. The molecule has 32 heavy (non-hydrogen) atoms. The van der Waals surface area contributed by atoms with Gasteiger partial charge >= 0.3 is 0 Å². The fourth-order valence-corrected chi connectivity index (χ4v) is 6.21. The third-order valence-electron chi connectivity index (χ3n) is 5.32. The Balaban J connectivity index is 1.47. The smallest absolute Gasteiger partial charge is 0.243 e. The third-order valence-corrected chi connectivity index (χ3v) is 8.54. The average molecular weight is 487 g/mol. The molecule has 1 heterocycles. The highest BCUT2D eigenvalue weighted by Gasteiger charge is 2.33. The third kappa shape index (κ3) is 5.35. The van der Waals surface area contributed by atoms with Crippen LogP contribution in [0.15, 0.2) is 93.5 Å². The molecule has 1 N–H and O–H groups in total. The molecular formula is C24H23ClN2O3S2. The first-order chi connectivity index (χ1) is 15.4. The first kappa shape index (κ1) is 22.9. The number of benzene rings is 3. The molecule has 1 saturated heterocycles. The van der Waals surface area contributed by atoms with Gasteiger partial charge in [0.2, 0.25) is 15.9 Å². The largest absolute Gasteiger partial charge is 0.325 e. The first-order valence-corrected chi connectivity index (χ1v) is 13.0. The number of hydrogen-bond donors (Lipinski definition) is 1. The van der Waals surface area contributed by atoms with Crippen LogP contribution in [0, 0.1) is 5.92 Å². The van der Waals surface area contributed by atoms with Crippen molar-refractivity contribution in [2.24, 2.45) is 5.92 Å². The molecule has 1 aliphatic rings. The molecule has 8 heteroatoms. The van der Waals surface area contributed by atoms with E-state index < -0.39 is 15.9 Å². The van der Waals surface area contributed by atoms with Crippen molar-refractivity contribution in [1.82, 2.24) is 4.31 Å². The number of nitrogens with one attached hydrogen (secondary N) is 1. The molecule has 5 nitrogen and oxygen atoms in total. The maximum atomic E-state index is 13.1. The summed E-state index contributed by atoms with van der Waals surface area (Å²) in [6, 6.07) is 23.7. The predicted molar refractivity (Wildman–Crippen MR) is 129 cm³/mol. The molecule has 0 radical (unpaired) electrons. The van der Waals surface area contributed by atoms with Crippen molar-refractivity contribution < 1.29 is 13.2 Å². The normalized spacial score (nSPS) is 17.1. The average Bonchev–Trinajstić information content (AvgIpc) is 2.81. The highest BCUT2D eigenvalue weighted by molar-refractivity contribution is 7.99. The number of anilines is 1. The second-order valence-electron chi connectivity index (χ2n) is 7.56. The Kier molecular flexibility index (Phi) is 7.20. The van der Waals surface area contributed by atoms with Crippen LogP contribution in [-0.4, -0.2) is 31.7 Å². The topological polar surface area (TPSA) is 66.5 Å². The van der Waals surface area contributed by atoms with Gasteiger partial charge in [0.25, 0.3) is 0 Å². The number of piperidine rings is 1. The summed E-state index contributed by atoms with van der Waals surface area (Å²) in [6.45, 7) is 0.556. The summed E-state index contributed by atoms with van der Waals surface area (Å²) in [5.41, 5.74) is 0.726. The number of sulfonamides is 1. The summed E-state index contributed by atoms with van der Waals surface area (Å²) in [5, 5.41) is 3.50. The van der Waals surface area contributed by atoms with Gasteiger partial charge in [-0.15, -0.1) is 0 Å². The van der Waals surface area contributed by atoms with Crippen LogP contribution in [0.5, 0.6) is 0 Å². The van der Waals surface area contributed by atoms with E-state index in [4.69, 9.17) is 11.6 Å². The second-order valence-corrected chi connectivity index (χ2v) is 11.0. The Morgan fingerprint density at radius 1 is 0.969 bits per heavy atom. The van der Waals surface area contributed by atoms with Crippen LogP contribution in [0.2, 0.25) is 5.02 Å². The van der Waals surface area contributed by atoms with E-state index in [1.54, 1.807) is 23.9 Å². The molecule has 0 aliphatic carbocycles. The van der Waals surface area contributed by atoms with Crippen molar-refractivity contribution in [1.29, 1.82) is 0 Å². The van der Waals surface area contributed by atoms with Gasteiger partial charge in [0.15, 0.2) is 0 Å². The van der Waals surface area contributed by atoms with Gasteiger partial charge in [-0.25, -0.2) is 8.42 Å². The molecule has 3 aromatic carbocycles. The van der Waals surface area contributed by atoms with E-state index in [-0.39, 0.29) is 17.3 Å². The van der Waals surface area contributed by atoms with E-state index >= 15 is 0 Å². The number of para-hydroxylation sites is 1. The van der Waals surface area contributed by atoms with E-state index in [9.17, 15) is 13.2 Å². The van der Waals surface area contributed by atoms with Gasteiger partial charge in [-0.1, -0.05) is 53.7 Å². The number of rotatable bonds is 6. The van der Waals surface area contributed by atoms with E-state index in [0.717, 1.165) is 15.5 Å². The van der Waals surface area contributed by atoms with Gasteiger partial charge in [-0.3, -0.25) is 4.79 Å². The van der Waals surface area contributed by atoms with Gasteiger partial charge in [0.05, 0.1) is 16.5 Å². The van der Waals surface area contributed by atoms with Crippen LogP contribution in [-0.2, 0) is 14.8 Å². The Bertz CT molecular complexity index is 1190. The highest BCUT2D eigenvalue weighted by Crippen LogP contribution is 2.34. The van der Waals surface area contributed by atoms with Gasteiger partial charge in [-0.2, -0.15) is 4.31 Å². The van der Waals surface area contributed by atoms with Crippen molar-refractivity contribution in [2.75, 3.05) is 18.4 Å². The Hall–Kier alpha value is -2.32.